The van der Waals surface area contributed by atoms with E-state index in [1.165, 1.54) is 5.56 Å². The highest BCUT2D eigenvalue weighted by molar-refractivity contribution is 9.10. The third-order valence-electron chi connectivity index (χ3n) is 3.27. The van der Waals surface area contributed by atoms with Crippen LogP contribution in [0, 0.1) is 6.92 Å². The predicted octanol–water partition coefficient (Wildman–Crippen LogP) is 4.30. The van der Waals surface area contributed by atoms with E-state index in [4.69, 9.17) is 0 Å². The molecule has 116 valence electrons. The molecule has 0 bridgehead atoms. The number of pyridine rings is 1. The van der Waals surface area contributed by atoms with Crippen LogP contribution >= 0.6 is 15.9 Å². The zero-order valence-corrected chi connectivity index (χ0v) is 14.2. The summed E-state index contributed by atoms with van der Waals surface area (Å²) in [6, 6.07) is 11.8. The van der Waals surface area contributed by atoms with Crippen molar-refractivity contribution in [3.8, 4) is 0 Å². The lowest BCUT2D eigenvalue weighted by Crippen LogP contribution is -2.05. The third kappa shape index (κ3) is 4.26. The Morgan fingerprint density at radius 1 is 1.13 bits per heavy atom. The van der Waals surface area contributed by atoms with Gasteiger partial charge in [0.1, 0.15) is 5.82 Å². The molecule has 0 radical (unpaired) electrons. The molecule has 0 aliphatic rings. The Morgan fingerprint density at radius 2 is 2.04 bits per heavy atom. The highest BCUT2D eigenvalue weighted by Gasteiger charge is 2.02. The van der Waals surface area contributed by atoms with Gasteiger partial charge in [0, 0.05) is 35.3 Å². The number of anilines is 3. The van der Waals surface area contributed by atoms with Gasteiger partial charge in [0.15, 0.2) is 0 Å². The standard InChI is InChI=1S/C17H16BrN5/c1-12-4-5-14(9-15(12)18)22-16-6-8-20-17(23-16)21-11-13-3-2-7-19-10-13/h2-10H,11H2,1H3,(H2,20,21,22,23). The summed E-state index contributed by atoms with van der Waals surface area (Å²) in [6.07, 6.45) is 5.30. The molecule has 0 spiro atoms. The quantitative estimate of drug-likeness (QED) is 0.701. The van der Waals surface area contributed by atoms with Crippen LogP contribution in [0.1, 0.15) is 11.1 Å². The number of benzene rings is 1. The minimum atomic E-state index is 0.574. The molecule has 2 heterocycles. The topological polar surface area (TPSA) is 62.7 Å². The number of halogens is 1. The first kappa shape index (κ1) is 15.4. The number of aromatic nitrogens is 3. The van der Waals surface area contributed by atoms with Crippen LogP contribution in [0.5, 0.6) is 0 Å². The van der Waals surface area contributed by atoms with Gasteiger partial charge in [0.2, 0.25) is 5.95 Å². The molecule has 23 heavy (non-hydrogen) atoms. The van der Waals surface area contributed by atoms with E-state index in [9.17, 15) is 0 Å². The Bertz CT molecular complexity index is 792. The molecule has 2 N–H and O–H groups in total. The maximum atomic E-state index is 4.47. The number of hydrogen-bond donors (Lipinski definition) is 2. The Morgan fingerprint density at radius 3 is 2.83 bits per heavy atom. The second kappa shape index (κ2) is 7.19. The van der Waals surface area contributed by atoms with Gasteiger partial charge in [-0.25, -0.2) is 4.98 Å². The molecule has 0 atom stereocenters. The van der Waals surface area contributed by atoms with Crippen LogP contribution in [-0.4, -0.2) is 15.0 Å². The average Bonchev–Trinajstić information content (AvgIpc) is 2.58. The van der Waals surface area contributed by atoms with Gasteiger partial charge in [0.05, 0.1) is 0 Å². The SMILES string of the molecule is Cc1ccc(Nc2ccnc(NCc3cccnc3)n2)cc1Br. The van der Waals surface area contributed by atoms with E-state index in [0.717, 1.165) is 21.5 Å². The lowest BCUT2D eigenvalue weighted by molar-refractivity contribution is 1.04. The van der Waals surface area contributed by atoms with E-state index in [1.807, 2.05) is 36.5 Å². The fourth-order valence-electron chi connectivity index (χ4n) is 2.02. The molecule has 0 fully saturated rings. The summed E-state index contributed by atoms with van der Waals surface area (Å²) in [5.41, 5.74) is 3.24. The van der Waals surface area contributed by atoms with E-state index in [-0.39, 0.29) is 0 Å². The molecular weight excluding hydrogens is 354 g/mol. The predicted molar refractivity (Wildman–Crippen MR) is 95.8 cm³/mol. The van der Waals surface area contributed by atoms with Gasteiger partial charge in [-0.3, -0.25) is 4.98 Å². The number of nitrogens with one attached hydrogen (secondary N) is 2. The summed E-state index contributed by atoms with van der Waals surface area (Å²) in [7, 11) is 0. The molecule has 3 aromatic rings. The van der Waals surface area contributed by atoms with E-state index in [0.29, 0.717) is 12.5 Å². The number of rotatable bonds is 5. The van der Waals surface area contributed by atoms with Gasteiger partial charge < -0.3 is 10.6 Å². The van der Waals surface area contributed by atoms with Crippen molar-refractivity contribution in [1.29, 1.82) is 0 Å². The fourth-order valence-corrected chi connectivity index (χ4v) is 2.39. The van der Waals surface area contributed by atoms with Gasteiger partial charge in [-0.1, -0.05) is 28.1 Å². The van der Waals surface area contributed by atoms with E-state index < -0.39 is 0 Å². The monoisotopic (exact) mass is 369 g/mol. The van der Waals surface area contributed by atoms with Crippen molar-refractivity contribution in [1.82, 2.24) is 15.0 Å². The Balaban J connectivity index is 1.68. The second-order valence-corrected chi connectivity index (χ2v) is 5.92. The van der Waals surface area contributed by atoms with Gasteiger partial charge in [-0.2, -0.15) is 4.98 Å². The summed E-state index contributed by atoms with van der Waals surface area (Å²) < 4.78 is 1.06. The molecule has 2 aromatic heterocycles. The number of aryl methyl sites for hydroxylation is 1. The van der Waals surface area contributed by atoms with Crippen molar-refractivity contribution < 1.29 is 0 Å². The Hall–Kier alpha value is -2.47. The molecule has 0 saturated heterocycles. The maximum Gasteiger partial charge on any atom is 0.224 e. The lowest BCUT2D eigenvalue weighted by Gasteiger charge is -2.09. The molecule has 6 heteroatoms. The average molecular weight is 370 g/mol. The van der Waals surface area contributed by atoms with Crippen LogP contribution in [0.3, 0.4) is 0 Å². The van der Waals surface area contributed by atoms with Crippen LogP contribution in [0.15, 0.2) is 59.5 Å². The number of hydrogen-bond acceptors (Lipinski definition) is 5. The highest BCUT2D eigenvalue weighted by atomic mass is 79.9. The van der Waals surface area contributed by atoms with Crippen LogP contribution in [0.25, 0.3) is 0 Å². The number of nitrogens with zero attached hydrogens (tertiary/aromatic N) is 3. The molecule has 0 aliphatic carbocycles. The minimum absolute atomic E-state index is 0.574. The third-order valence-corrected chi connectivity index (χ3v) is 4.13. The summed E-state index contributed by atoms with van der Waals surface area (Å²) in [5, 5.41) is 6.47. The van der Waals surface area contributed by atoms with Crippen molar-refractivity contribution in [2.24, 2.45) is 0 Å². The molecular formula is C17H16BrN5. The van der Waals surface area contributed by atoms with Crippen LogP contribution in [0.2, 0.25) is 0 Å². The highest BCUT2D eigenvalue weighted by Crippen LogP contribution is 2.23. The van der Waals surface area contributed by atoms with Crippen LogP contribution in [0.4, 0.5) is 17.5 Å². The summed E-state index contributed by atoms with van der Waals surface area (Å²) >= 11 is 3.53. The van der Waals surface area contributed by atoms with E-state index >= 15 is 0 Å². The molecule has 0 amide bonds. The fraction of sp³-hybridized carbons (Fsp3) is 0.118. The Kier molecular flexibility index (Phi) is 4.83. The van der Waals surface area contributed by atoms with Crippen molar-refractivity contribution in [3.63, 3.8) is 0 Å². The van der Waals surface area contributed by atoms with Crippen LogP contribution in [-0.2, 0) is 6.54 Å². The maximum absolute atomic E-state index is 4.47. The summed E-state index contributed by atoms with van der Waals surface area (Å²) in [6.45, 7) is 2.69. The van der Waals surface area contributed by atoms with Crippen molar-refractivity contribution in [3.05, 3.63) is 70.6 Å². The first-order chi connectivity index (χ1) is 11.2. The Labute approximate surface area is 143 Å². The molecule has 0 unspecified atom stereocenters. The molecule has 1 aromatic carbocycles. The summed E-state index contributed by atoms with van der Waals surface area (Å²) in [4.78, 5) is 12.8. The van der Waals surface area contributed by atoms with Gasteiger partial charge in [-0.15, -0.1) is 0 Å². The van der Waals surface area contributed by atoms with E-state index in [2.05, 4.69) is 54.5 Å². The van der Waals surface area contributed by atoms with Crippen molar-refractivity contribution in [2.45, 2.75) is 13.5 Å². The first-order valence-electron chi connectivity index (χ1n) is 7.20. The lowest BCUT2D eigenvalue weighted by atomic mass is 10.2. The van der Waals surface area contributed by atoms with Crippen LogP contribution < -0.4 is 10.6 Å². The van der Waals surface area contributed by atoms with Gasteiger partial charge in [-0.05, 0) is 42.3 Å². The van der Waals surface area contributed by atoms with E-state index in [1.54, 1.807) is 12.4 Å². The van der Waals surface area contributed by atoms with Crippen molar-refractivity contribution >= 4 is 33.4 Å². The zero-order chi connectivity index (χ0) is 16.1. The zero-order valence-electron chi connectivity index (χ0n) is 12.6. The molecule has 0 aliphatic heterocycles. The van der Waals surface area contributed by atoms with Gasteiger partial charge >= 0.3 is 0 Å². The smallest absolute Gasteiger partial charge is 0.224 e. The molecule has 5 nitrogen and oxygen atoms in total. The summed E-state index contributed by atoms with van der Waals surface area (Å²) in [5.74, 6) is 1.31. The largest absolute Gasteiger partial charge is 0.350 e. The second-order valence-electron chi connectivity index (χ2n) is 5.07. The van der Waals surface area contributed by atoms with Crippen molar-refractivity contribution in [2.75, 3.05) is 10.6 Å². The normalized spacial score (nSPS) is 10.3. The molecule has 0 saturated carbocycles. The minimum Gasteiger partial charge on any atom is -0.350 e. The molecule has 3 rings (SSSR count). The van der Waals surface area contributed by atoms with Gasteiger partial charge in [0.25, 0.3) is 0 Å². The first-order valence-corrected chi connectivity index (χ1v) is 7.99.